The van der Waals surface area contributed by atoms with Crippen LogP contribution < -0.4 is 16.4 Å². The molecule has 0 aromatic heterocycles. The summed E-state index contributed by atoms with van der Waals surface area (Å²) in [6.07, 6.45) is 4.20. The van der Waals surface area contributed by atoms with E-state index in [0.717, 1.165) is 19.3 Å². The SMILES string of the molecule is CCC1(NC(=O)CNC(=O)CN)CCC1. The second-order valence-electron chi connectivity index (χ2n) is 4.02. The van der Waals surface area contributed by atoms with Crippen LogP contribution in [-0.2, 0) is 9.59 Å². The van der Waals surface area contributed by atoms with E-state index in [4.69, 9.17) is 5.73 Å². The summed E-state index contributed by atoms with van der Waals surface area (Å²) in [5.74, 6) is -0.428. The lowest BCUT2D eigenvalue weighted by molar-refractivity contribution is -0.127. The fourth-order valence-electron chi connectivity index (χ4n) is 1.76. The normalized spacial score (nSPS) is 17.7. The summed E-state index contributed by atoms with van der Waals surface area (Å²) in [4.78, 5) is 22.3. The van der Waals surface area contributed by atoms with Crippen molar-refractivity contribution in [2.24, 2.45) is 5.73 Å². The minimum atomic E-state index is -0.302. The van der Waals surface area contributed by atoms with Crippen LogP contribution in [0.25, 0.3) is 0 Å². The lowest BCUT2D eigenvalue weighted by Crippen LogP contribution is -2.55. The molecule has 1 fully saturated rings. The van der Waals surface area contributed by atoms with Gasteiger partial charge < -0.3 is 16.4 Å². The van der Waals surface area contributed by atoms with Gasteiger partial charge in [-0.25, -0.2) is 0 Å². The number of carbonyl (C=O) groups excluding carboxylic acids is 2. The van der Waals surface area contributed by atoms with Crippen molar-refractivity contribution >= 4 is 11.8 Å². The van der Waals surface area contributed by atoms with Gasteiger partial charge in [0.1, 0.15) is 0 Å². The van der Waals surface area contributed by atoms with E-state index in [-0.39, 0.29) is 30.4 Å². The van der Waals surface area contributed by atoms with Gasteiger partial charge in [-0.3, -0.25) is 9.59 Å². The third kappa shape index (κ3) is 3.20. The molecule has 1 saturated carbocycles. The molecule has 4 N–H and O–H groups in total. The van der Waals surface area contributed by atoms with Gasteiger partial charge in [-0.15, -0.1) is 0 Å². The Balaban J connectivity index is 2.26. The molecule has 86 valence electrons. The molecule has 0 radical (unpaired) electrons. The Bertz CT molecular complexity index is 244. The van der Waals surface area contributed by atoms with E-state index >= 15 is 0 Å². The van der Waals surface area contributed by atoms with Gasteiger partial charge in [0, 0.05) is 5.54 Å². The molecule has 0 heterocycles. The molecular weight excluding hydrogens is 194 g/mol. The Morgan fingerprint density at radius 1 is 1.33 bits per heavy atom. The average Bonchev–Trinajstić information content (AvgIpc) is 2.20. The second kappa shape index (κ2) is 5.11. The van der Waals surface area contributed by atoms with Gasteiger partial charge in [-0.2, -0.15) is 0 Å². The summed E-state index contributed by atoms with van der Waals surface area (Å²) >= 11 is 0. The zero-order valence-electron chi connectivity index (χ0n) is 9.14. The molecule has 0 saturated heterocycles. The molecule has 1 aliphatic carbocycles. The number of amides is 2. The molecular formula is C10H19N3O2. The fraction of sp³-hybridized carbons (Fsp3) is 0.800. The number of nitrogens with one attached hydrogen (secondary N) is 2. The van der Waals surface area contributed by atoms with E-state index in [1.165, 1.54) is 6.42 Å². The highest BCUT2D eigenvalue weighted by Crippen LogP contribution is 2.34. The van der Waals surface area contributed by atoms with Crippen molar-refractivity contribution in [2.75, 3.05) is 13.1 Å². The molecule has 1 aliphatic rings. The van der Waals surface area contributed by atoms with Gasteiger partial charge in [-0.1, -0.05) is 6.92 Å². The van der Waals surface area contributed by atoms with Crippen LogP contribution in [0.4, 0.5) is 0 Å². The van der Waals surface area contributed by atoms with Crippen LogP contribution in [0.15, 0.2) is 0 Å². The fourth-order valence-corrected chi connectivity index (χ4v) is 1.76. The number of hydrogen-bond acceptors (Lipinski definition) is 3. The van der Waals surface area contributed by atoms with Crippen molar-refractivity contribution in [3.63, 3.8) is 0 Å². The van der Waals surface area contributed by atoms with Gasteiger partial charge in [0.05, 0.1) is 13.1 Å². The highest BCUT2D eigenvalue weighted by molar-refractivity contribution is 5.85. The molecule has 0 spiro atoms. The zero-order chi connectivity index (χ0) is 11.3. The van der Waals surface area contributed by atoms with Crippen LogP contribution in [0.1, 0.15) is 32.6 Å². The van der Waals surface area contributed by atoms with E-state index in [1.54, 1.807) is 0 Å². The first kappa shape index (κ1) is 12.0. The maximum atomic E-state index is 11.5. The Kier molecular flexibility index (Phi) is 4.08. The zero-order valence-corrected chi connectivity index (χ0v) is 9.14. The summed E-state index contributed by atoms with van der Waals surface area (Å²) in [5.41, 5.74) is 5.10. The lowest BCUT2D eigenvalue weighted by atomic mass is 9.75. The molecule has 5 heteroatoms. The summed E-state index contributed by atoms with van der Waals surface area (Å²) in [5, 5.41) is 5.42. The van der Waals surface area contributed by atoms with E-state index in [9.17, 15) is 9.59 Å². The quantitative estimate of drug-likeness (QED) is 0.576. The van der Waals surface area contributed by atoms with Gasteiger partial charge in [0.25, 0.3) is 0 Å². The standard InChI is InChI=1S/C10H19N3O2/c1-2-10(4-3-5-10)13-9(15)7-12-8(14)6-11/h2-7,11H2,1H3,(H,12,14)(H,13,15). The molecule has 2 amide bonds. The van der Waals surface area contributed by atoms with Crippen LogP contribution in [0.3, 0.4) is 0 Å². The Labute approximate surface area is 89.8 Å². The van der Waals surface area contributed by atoms with Gasteiger partial charge in [0.2, 0.25) is 11.8 Å². The highest BCUT2D eigenvalue weighted by Gasteiger charge is 2.36. The Hall–Kier alpha value is -1.10. The van der Waals surface area contributed by atoms with Crippen molar-refractivity contribution in [3.05, 3.63) is 0 Å². The van der Waals surface area contributed by atoms with E-state index in [1.807, 2.05) is 0 Å². The van der Waals surface area contributed by atoms with Crippen molar-refractivity contribution < 1.29 is 9.59 Å². The van der Waals surface area contributed by atoms with Crippen LogP contribution in [0.2, 0.25) is 0 Å². The van der Waals surface area contributed by atoms with Crippen molar-refractivity contribution in [3.8, 4) is 0 Å². The van der Waals surface area contributed by atoms with Crippen LogP contribution >= 0.6 is 0 Å². The molecule has 15 heavy (non-hydrogen) atoms. The van der Waals surface area contributed by atoms with E-state index < -0.39 is 0 Å². The van der Waals surface area contributed by atoms with Crippen LogP contribution in [0.5, 0.6) is 0 Å². The molecule has 0 bridgehead atoms. The molecule has 0 unspecified atom stereocenters. The van der Waals surface area contributed by atoms with Gasteiger partial charge in [0.15, 0.2) is 0 Å². The van der Waals surface area contributed by atoms with E-state index in [0.29, 0.717) is 0 Å². The predicted molar refractivity (Wildman–Crippen MR) is 57.1 cm³/mol. The Morgan fingerprint density at radius 3 is 2.40 bits per heavy atom. The number of hydrogen-bond donors (Lipinski definition) is 3. The predicted octanol–water partition coefficient (Wildman–Crippen LogP) is -0.490. The monoisotopic (exact) mass is 213 g/mol. The van der Waals surface area contributed by atoms with Crippen LogP contribution in [-0.4, -0.2) is 30.4 Å². The smallest absolute Gasteiger partial charge is 0.239 e. The summed E-state index contributed by atoms with van der Waals surface area (Å²) in [6.45, 7) is 2.02. The second-order valence-corrected chi connectivity index (χ2v) is 4.02. The van der Waals surface area contributed by atoms with Gasteiger partial charge in [-0.05, 0) is 25.7 Å². The molecule has 0 aliphatic heterocycles. The largest absolute Gasteiger partial charge is 0.349 e. The highest BCUT2D eigenvalue weighted by atomic mass is 16.2. The summed E-state index contributed by atoms with van der Waals surface area (Å²) < 4.78 is 0. The molecule has 0 atom stereocenters. The third-order valence-electron chi connectivity index (χ3n) is 3.02. The van der Waals surface area contributed by atoms with Gasteiger partial charge >= 0.3 is 0 Å². The minimum Gasteiger partial charge on any atom is -0.349 e. The summed E-state index contributed by atoms with van der Waals surface area (Å²) in [7, 11) is 0. The van der Waals surface area contributed by atoms with Crippen molar-refractivity contribution in [2.45, 2.75) is 38.1 Å². The van der Waals surface area contributed by atoms with Crippen molar-refractivity contribution in [1.82, 2.24) is 10.6 Å². The maximum absolute atomic E-state index is 11.5. The number of carbonyl (C=O) groups is 2. The Morgan fingerprint density at radius 2 is 2.00 bits per heavy atom. The average molecular weight is 213 g/mol. The lowest BCUT2D eigenvalue weighted by Gasteiger charge is -2.42. The first-order valence-electron chi connectivity index (χ1n) is 5.39. The first-order valence-corrected chi connectivity index (χ1v) is 5.39. The molecule has 1 rings (SSSR count). The molecule has 5 nitrogen and oxygen atoms in total. The number of rotatable bonds is 5. The summed E-state index contributed by atoms with van der Waals surface area (Å²) in [6, 6.07) is 0. The van der Waals surface area contributed by atoms with E-state index in [2.05, 4.69) is 17.6 Å². The molecule has 0 aromatic carbocycles. The van der Waals surface area contributed by atoms with Crippen LogP contribution in [0, 0.1) is 0 Å². The number of nitrogens with two attached hydrogens (primary N) is 1. The van der Waals surface area contributed by atoms with Crippen molar-refractivity contribution in [1.29, 1.82) is 0 Å². The first-order chi connectivity index (χ1) is 7.12. The minimum absolute atomic E-state index is 0.00940. The topological polar surface area (TPSA) is 84.2 Å². The maximum Gasteiger partial charge on any atom is 0.239 e. The molecule has 0 aromatic rings. The third-order valence-corrected chi connectivity index (χ3v) is 3.02.